The van der Waals surface area contributed by atoms with Gasteiger partial charge in [0.1, 0.15) is 0 Å². The molecule has 0 heterocycles. The van der Waals surface area contributed by atoms with Crippen molar-refractivity contribution in [2.24, 2.45) is 5.92 Å². The van der Waals surface area contributed by atoms with Crippen molar-refractivity contribution in [3.8, 4) is 0 Å². The third kappa shape index (κ3) is 1.61. The first-order valence-electron chi connectivity index (χ1n) is 5.45. The average Bonchev–Trinajstić information content (AvgIpc) is 2.43. The Labute approximate surface area is 86.7 Å². The first kappa shape index (κ1) is 9.51. The SMILES string of the molecule is CC1=C(CC(C)C)c2ccccc2C1. The van der Waals surface area contributed by atoms with Crippen LogP contribution in [0, 0.1) is 5.92 Å². The van der Waals surface area contributed by atoms with Gasteiger partial charge in [-0.15, -0.1) is 0 Å². The van der Waals surface area contributed by atoms with Crippen molar-refractivity contribution in [3.05, 3.63) is 41.0 Å². The Morgan fingerprint density at radius 2 is 1.93 bits per heavy atom. The molecule has 2 rings (SSSR count). The Bertz CT molecular complexity index is 369. The molecule has 0 spiro atoms. The van der Waals surface area contributed by atoms with Gasteiger partial charge < -0.3 is 0 Å². The van der Waals surface area contributed by atoms with Gasteiger partial charge in [0, 0.05) is 0 Å². The first-order chi connectivity index (χ1) is 6.68. The van der Waals surface area contributed by atoms with Crippen LogP contribution in [0.2, 0.25) is 0 Å². The highest BCUT2D eigenvalue weighted by atomic mass is 14.2. The molecule has 0 amide bonds. The summed E-state index contributed by atoms with van der Waals surface area (Å²) >= 11 is 0. The molecule has 0 fully saturated rings. The van der Waals surface area contributed by atoms with Crippen molar-refractivity contribution in [2.45, 2.75) is 33.6 Å². The van der Waals surface area contributed by atoms with Crippen molar-refractivity contribution >= 4 is 5.57 Å². The van der Waals surface area contributed by atoms with Gasteiger partial charge >= 0.3 is 0 Å². The van der Waals surface area contributed by atoms with Crippen molar-refractivity contribution in [2.75, 3.05) is 0 Å². The Balaban J connectivity index is 2.36. The van der Waals surface area contributed by atoms with Crippen LogP contribution in [-0.2, 0) is 6.42 Å². The van der Waals surface area contributed by atoms with Crippen LogP contribution in [0.3, 0.4) is 0 Å². The Morgan fingerprint density at radius 3 is 2.64 bits per heavy atom. The maximum Gasteiger partial charge on any atom is -0.00578 e. The summed E-state index contributed by atoms with van der Waals surface area (Å²) in [5.74, 6) is 0.756. The fraction of sp³-hybridized carbons (Fsp3) is 0.429. The molecule has 1 aromatic rings. The van der Waals surface area contributed by atoms with Crippen molar-refractivity contribution in [1.29, 1.82) is 0 Å². The first-order valence-corrected chi connectivity index (χ1v) is 5.45. The third-order valence-electron chi connectivity index (χ3n) is 2.93. The lowest BCUT2D eigenvalue weighted by molar-refractivity contribution is 0.672. The highest BCUT2D eigenvalue weighted by Crippen LogP contribution is 2.36. The lowest BCUT2D eigenvalue weighted by atomic mass is 9.96. The molecule has 0 bridgehead atoms. The van der Waals surface area contributed by atoms with E-state index >= 15 is 0 Å². The summed E-state index contributed by atoms with van der Waals surface area (Å²) in [6, 6.07) is 8.82. The van der Waals surface area contributed by atoms with E-state index in [4.69, 9.17) is 0 Å². The molecule has 0 nitrogen and oxygen atoms in total. The zero-order valence-electron chi connectivity index (χ0n) is 9.30. The van der Waals surface area contributed by atoms with Gasteiger partial charge in [0.15, 0.2) is 0 Å². The highest BCUT2D eigenvalue weighted by Gasteiger charge is 2.18. The van der Waals surface area contributed by atoms with E-state index in [1.54, 1.807) is 11.1 Å². The van der Waals surface area contributed by atoms with Crippen LogP contribution < -0.4 is 0 Å². The van der Waals surface area contributed by atoms with Crippen LogP contribution in [-0.4, -0.2) is 0 Å². The third-order valence-corrected chi connectivity index (χ3v) is 2.93. The summed E-state index contributed by atoms with van der Waals surface area (Å²) in [6.07, 6.45) is 2.39. The van der Waals surface area contributed by atoms with E-state index in [1.165, 1.54) is 17.5 Å². The molecule has 14 heavy (non-hydrogen) atoms. The number of benzene rings is 1. The quantitative estimate of drug-likeness (QED) is 0.653. The molecule has 0 atom stereocenters. The normalized spacial score (nSPS) is 15.1. The fourth-order valence-corrected chi connectivity index (χ4v) is 2.28. The van der Waals surface area contributed by atoms with Gasteiger partial charge in [-0.05, 0) is 42.4 Å². The molecule has 1 aliphatic rings. The minimum Gasteiger partial charge on any atom is -0.0651 e. The Morgan fingerprint density at radius 1 is 1.21 bits per heavy atom. The predicted octanol–water partition coefficient (Wildman–Crippen LogP) is 4.06. The maximum absolute atomic E-state index is 2.29. The molecule has 0 unspecified atom stereocenters. The van der Waals surface area contributed by atoms with Crippen molar-refractivity contribution in [1.82, 2.24) is 0 Å². The summed E-state index contributed by atoms with van der Waals surface area (Å²) in [5, 5.41) is 0. The van der Waals surface area contributed by atoms with E-state index in [9.17, 15) is 0 Å². The predicted molar refractivity (Wildman–Crippen MR) is 62.2 cm³/mol. The van der Waals surface area contributed by atoms with E-state index in [0.717, 1.165) is 12.3 Å². The van der Waals surface area contributed by atoms with Gasteiger partial charge in [-0.2, -0.15) is 0 Å². The second-order valence-electron chi connectivity index (χ2n) is 4.69. The van der Waals surface area contributed by atoms with E-state index in [0.29, 0.717) is 0 Å². The van der Waals surface area contributed by atoms with Gasteiger partial charge in [-0.25, -0.2) is 0 Å². The molecular weight excluding hydrogens is 168 g/mol. The Hall–Kier alpha value is -1.04. The average molecular weight is 186 g/mol. The van der Waals surface area contributed by atoms with Crippen LogP contribution in [0.5, 0.6) is 0 Å². The summed E-state index contributed by atoms with van der Waals surface area (Å²) in [5.41, 5.74) is 6.18. The largest absolute Gasteiger partial charge is 0.0651 e. The van der Waals surface area contributed by atoms with Crippen LogP contribution >= 0.6 is 0 Å². The van der Waals surface area contributed by atoms with Gasteiger partial charge in [-0.3, -0.25) is 0 Å². The second-order valence-corrected chi connectivity index (χ2v) is 4.69. The molecule has 1 aliphatic carbocycles. The summed E-state index contributed by atoms with van der Waals surface area (Å²) < 4.78 is 0. The van der Waals surface area contributed by atoms with Crippen molar-refractivity contribution in [3.63, 3.8) is 0 Å². The molecule has 0 saturated heterocycles. The van der Waals surface area contributed by atoms with E-state index in [1.807, 2.05) is 0 Å². The standard InChI is InChI=1S/C14H18/c1-10(2)8-14-11(3)9-12-6-4-5-7-13(12)14/h4-7,10H,8-9H2,1-3H3. The molecule has 0 heteroatoms. The summed E-state index contributed by atoms with van der Waals surface area (Å²) in [6.45, 7) is 6.86. The summed E-state index contributed by atoms with van der Waals surface area (Å²) in [7, 11) is 0. The van der Waals surface area contributed by atoms with Crippen LogP contribution in [0.15, 0.2) is 29.8 Å². The zero-order valence-corrected chi connectivity index (χ0v) is 9.30. The number of fused-ring (bicyclic) bond motifs is 1. The molecule has 0 N–H and O–H groups in total. The molecule has 0 radical (unpaired) electrons. The molecule has 0 aromatic heterocycles. The van der Waals surface area contributed by atoms with E-state index < -0.39 is 0 Å². The van der Waals surface area contributed by atoms with Crippen LogP contribution in [0.25, 0.3) is 5.57 Å². The molecule has 0 aliphatic heterocycles. The number of rotatable bonds is 2. The van der Waals surface area contributed by atoms with Gasteiger partial charge in [0.2, 0.25) is 0 Å². The van der Waals surface area contributed by atoms with Gasteiger partial charge in [0.25, 0.3) is 0 Å². The highest BCUT2D eigenvalue weighted by molar-refractivity contribution is 5.76. The fourth-order valence-electron chi connectivity index (χ4n) is 2.28. The second kappa shape index (κ2) is 3.61. The molecule has 74 valence electrons. The molecular formula is C14H18. The Kier molecular flexibility index (Phi) is 2.45. The van der Waals surface area contributed by atoms with Gasteiger partial charge in [-0.1, -0.05) is 43.7 Å². The lowest BCUT2D eigenvalue weighted by Gasteiger charge is -2.09. The monoisotopic (exact) mass is 186 g/mol. The van der Waals surface area contributed by atoms with E-state index in [2.05, 4.69) is 45.0 Å². The topological polar surface area (TPSA) is 0 Å². The molecule has 1 aromatic carbocycles. The number of allylic oxidation sites excluding steroid dienone is 2. The molecule has 0 saturated carbocycles. The minimum absolute atomic E-state index is 0.756. The van der Waals surface area contributed by atoms with Crippen LogP contribution in [0.4, 0.5) is 0 Å². The van der Waals surface area contributed by atoms with Crippen LogP contribution in [0.1, 0.15) is 38.3 Å². The zero-order chi connectivity index (χ0) is 10.1. The smallest absolute Gasteiger partial charge is 0.00578 e. The maximum atomic E-state index is 2.29. The number of hydrogen-bond donors (Lipinski definition) is 0. The lowest BCUT2D eigenvalue weighted by Crippen LogP contribution is -1.91. The summed E-state index contributed by atoms with van der Waals surface area (Å²) in [4.78, 5) is 0. The van der Waals surface area contributed by atoms with Crippen molar-refractivity contribution < 1.29 is 0 Å². The van der Waals surface area contributed by atoms with Gasteiger partial charge in [0.05, 0.1) is 0 Å². The van der Waals surface area contributed by atoms with E-state index in [-0.39, 0.29) is 0 Å². The number of hydrogen-bond acceptors (Lipinski definition) is 0. The minimum atomic E-state index is 0.756.